The maximum Gasteiger partial charge on any atom is 0.186 e. The zero-order valence-corrected chi connectivity index (χ0v) is 10.1. The van der Waals surface area contributed by atoms with Crippen LogP contribution in [0.1, 0.15) is 18.7 Å². The normalized spacial score (nSPS) is 26.5. The average molecular weight is 241 g/mol. The fourth-order valence-corrected chi connectivity index (χ4v) is 2.67. The summed E-state index contributed by atoms with van der Waals surface area (Å²) in [7, 11) is 0. The summed E-state index contributed by atoms with van der Waals surface area (Å²) in [5.41, 5.74) is 0. The number of morpholine rings is 1. The number of ether oxygens (including phenoxy) is 1. The van der Waals surface area contributed by atoms with Gasteiger partial charge in [0.2, 0.25) is 0 Å². The van der Waals surface area contributed by atoms with Crippen molar-refractivity contribution in [3.8, 4) is 0 Å². The lowest BCUT2D eigenvalue weighted by molar-refractivity contribution is -0.00522. The maximum atomic E-state index is 8.44. The molecule has 1 aromatic rings. The van der Waals surface area contributed by atoms with Crippen molar-refractivity contribution in [2.45, 2.75) is 26.1 Å². The highest BCUT2D eigenvalue weighted by molar-refractivity contribution is 7.17. The molecule has 2 heterocycles. The van der Waals surface area contributed by atoms with E-state index in [1.165, 1.54) is 17.6 Å². The molecule has 1 N–H and O–H groups in total. The van der Waals surface area contributed by atoms with Gasteiger partial charge >= 0.3 is 0 Å². The van der Waals surface area contributed by atoms with E-state index in [1.54, 1.807) is 6.20 Å². The fourth-order valence-electron chi connectivity index (χ4n) is 1.87. The van der Waals surface area contributed by atoms with E-state index in [-0.39, 0.29) is 12.2 Å². The van der Waals surface area contributed by atoms with Gasteiger partial charge in [-0.05, 0) is 13.8 Å². The van der Waals surface area contributed by atoms with Crippen molar-refractivity contribution in [3.63, 3.8) is 0 Å². The summed E-state index contributed by atoms with van der Waals surface area (Å²) in [6.07, 6.45) is 3.56. The Balaban J connectivity index is 2.10. The fraction of sp³-hybridized carbons (Fsp3) is 0.600. The molecule has 88 valence electrons. The highest BCUT2D eigenvalue weighted by atomic mass is 32.1. The van der Waals surface area contributed by atoms with Gasteiger partial charge in [-0.1, -0.05) is 16.5 Å². The second-order valence-corrected chi connectivity index (χ2v) is 4.99. The Morgan fingerprint density at radius 3 is 2.88 bits per heavy atom. The van der Waals surface area contributed by atoms with Gasteiger partial charge in [0, 0.05) is 19.3 Å². The van der Waals surface area contributed by atoms with Gasteiger partial charge in [0.15, 0.2) is 5.13 Å². The predicted molar refractivity (Wildman–Crippen MR) is 63.7 cm³/mol. The molecule has 1 fully saturated rings. The number of rotatable bonds is 2. The van der Waals surface area contributed by atoms with Crippen LogP contribution >= 0.6 is 11.3 Å². The maximum absolute atomic E-state index is 8.44. The summed E-state index contributed by atoms with van der Waals surface area (Å²) in [6.45, 7) is 5.83. The molecule has 16 heavy (non-hydrogen) atoms. The number of anilines is 1. The molecule has 0 amide bonds. The van der Waals surface area contributed by atoms with Crippen LogP contribution < -0.4 is 4.90 Å². The van der Waals surface area contributed by atoms with Crippen molar-refractivity contribution in [1.82, 2.24) is 4.98 Å². The van der Waals surface area contributed by atoms with Crippen LogP contribution in [0.5, 0.6) is 0 Å². The molecule has 0 aliphatic carbocycles. The standard InChI is InChI=1S/C10H15N3O2S/c1-7-5-13(6-8(2)15-7)10-11-3-9(16-10)4-12-14/h3-4,7-8,14H,5-6H2,1-2H3/t7-,8-/m1/s1. The third kappa shape index (κ3) is 2.51. The molecule has 1 aliphatic heterocycles. The third-order valence-electron chi connectivity index (χ3n) is 2.39. The number of hydrogen-bond acceptors (Lipinski definition) is 6. The van der Waals surface area contributed by atoms with Crippen LogP contribution in [0.3, 0.4) is 0 Å². The smallest absolute Gasteiger partial charge is 0.186 e. The van der Waals surface area contributed by atoms with E-state index in [9.17, 15) is 0 Å². The molecular formula is C10H15N3O2S. The Morgan fingerprint density at radius 2 is 2.25 bits per heavy atom. The molecular weight excluding hydrogens is 226 g/mol. The first-order valence-corrected chi connectivity index (χ1v) is 6.04. The molecule has 1 saturated heterocycles. The highest BCUT2D eigenvalue weighted by Gasteiger charge is 2.23. The van der Waals surface area contributed by atoms with E-state index in [2.05, 4.69) is 28.9 Å². The van der Waals surface area contributed by atoms with Crippen molar-refractivity contribution >= 4 is 22.7 Å². The SMILES string of the molecule is C[C@@H]1CN(c2ncc(C=NO)s2)C[C@@H](C)O1. The van der Waals surface area contributed by atoms with E-state index in [4.69, 9.17) is 9.94 Å². The van der Waals surface area contributed by atoms with Crippen molar-refractivity contribution in [2.75, 3.05) is 18.0 Å². The average Bonchev–Trinajstić information content (AvgIpc) is 2.65. The van der Waals surface area contributed by atoms with Gasteiger partial charge in [-0.2, -0.15) is 0 Å². The Morgan fingerprint density at radius 1 is 1.56 bits per heavy atom. The summed E-state index contributed by atoms with van der Waals surface area (Å²) in [4.78, 5) is 7.37. The molecule has 5 nitrogen and oxygen atoms in total. The minimum absolute atomic E-state index is 0.225. The monoisotopic (exact) mass is 241 g/mol. The number of thiazole rings is 1. The Kier molecular flexibility index (Phi) is 3.40. The molecule has 6 heteroatoms. The Labute approximate surface area is 98.4 Å². The number of oxime groups is 1. The number of hydrogen-bond donors (Lipinski definition) is 1. The lowest BCUT2D eigenvalue weighted by atomic mass is 10.2. The zero-order chi connectivity index (χ0) is 11.5. The topological polar surface area (TPSA) is 58.0 Å². The summed E-state index contributed by atoms with van der Waals surface area (Å²) < 4.78 is 5.66. The third-order valence-corrected chi connectivity index (χ3v) is 3.38. The molecule has 2 atom stereocenters. The summed E-state index contributed by atoms with van der Waals surface area (Å²) in [5.74, 6) is 0. The van der Waals surface area contributed by atoms with Crippen molar-refractivity contribution < 1.29 is 9.94 Å². The second kappa shape index (κ2) is 4.80. The number of aromatic nitrogens is 1. The molecule has 0 spiro atoms. The van der Waals surface area contributed by atoms with Crippen molar-refractivity contribution in [2.24, 2.45) is 5.16 Å². The molecule has 1 aromatic heterocycles. The van der Waals surface area contributed by atoms with Gasteiger partial charge in [0.05, 0.1) is 23.3 Å². The Hall–Kier alpha value is -1.14. The lowest BCUT2D eigenvalue weighted by Crippen LogP contribution is -2.45. The largest absolute Gasteiger partial charge is 0.411 e. The molecule has 0 bridgehead atoms. The van der Waals surface area contributed by atoms with Crippen LogP contribution in [0.25, 0.3) is 0 Å². The van der Waals surface area contributed by atoms with Gasteiger partial charge in [0.25, 0.3) is 0 Å². The quantitative estimate of drug-likeness (QED) is 0.485. The minimum Gasteiger partial charge on any atom is -0.411 e. The summed E-state index contributed by atoms with van der Waals surface area (Å²) in [5, 5.41) is 12.4. The molecule has 1 aliphatic rings. The summed E-state index contributed by atoms with van der Waals surface area (Å²) >= 11 is 1.52. The number of nitrogens with zero attached hydrogens (tertiary/aromatic N) is 3. The van der Waals surface area contributed by atoms with Gasteiger partial charge in [-0.25, -0.2) is 4.98 Å². The van der Waals surface area contributed by atoms with E-state index in [0.717, 1.165) is 23.1 Å². The lowest BCUT2D eigenvalue weighted by Gasteiger charge is -2.35. The van der Waals surface area contributed by atoms with Crippen LogP contribution in [-0.2, 0) is 4.74 Å². The first-order valence-electron chi connectivity index (χ1n) is 5.22. The van der Waals surface area contributed by atoms with E-state index < -0.39 is 0 Å². The minimum atomic E-state index is 0.225. The zero-order valence-electron chi connectivity index (χ0n) is 9.33. The van der Waals surface area contributed by atoms with E-state index in [0.29, 0.717) is 0 Å². The van der Waals surface area contributed by atoms with Crippen LogP contribution in [0.2, 0.25) is 0 Å². The van der Waals surface area contributed by atoms with Crippen LogP contribution in [0.15, 0.2) is 11.4 Å². The first-order chi connectivity index (χ1) is 7.69. The van der Waals surface area contributed by atoms with Gasteiger partial charge in [0.1, 0.15) is 0 Å². The first kappa shape index (κ1) is 11.3. The van der Waals surface area contributed by atoms with Crippen molar-refractivity contribution in [1.29, 1.82) is 0 Å². The molecule has 2 rings (SSSR count). The van der Waals surface area contributed by atoms with Crippen LogP contribution in [0, 0.1) is 0 Å². The van der Waals surface area contributed by atoms with Gasteiger partial charge < -0.3 is 14.8 Å². The molecule has 0 saturated carbocycles. The van der Waals surface area contributed by atoms with Gasteiger partial charge in [-0.3, -0.25) is 0 Å². The van der Waals surface area contributed by atoms with Crippen molar-refractivity contribution in [3.05, 3.63) is 11.1 Å². The predicted octanol–water partition coefficient (Wildman–Crippen LogP) is 1.56. The van der Waals surface area contributed by atoms with Crippen LogP contribution in [-0.4, -0.2) is 41.7 Å². The van der Waals surface area contributed by atoms with E-state index >= 15 is 0 Å². The molecule has 0 unspecified atom stereocenters. The van der Waals surface area contributed by atoms with E-state index in [1.807, 2.05) is 0 Å². The summed E-state index contributed by atoms with van der Waals surface area (Å²) in [6, 6.07) is 0. The second-order valence-electron chi connectivity index (χ2n) is 3.95. The molecule has 0 aromatic carbocycles. The molecule has 0 radical (unpaired) electrons. The Bertz CT molecular complexity index is 370. The van der Waals surface area contributed by atoms with Gasteiger partial charge in [-0.15, -0.1) is 0 Å². The highest BCUT2D eigenvalue weighted by Crippen LogP contribution is 2.24. The van der Waals surface area contributed by atoms with Crippen LogP contribution in [0.4, 0.5) is 5.13 Å².